The van der Waals surface area contributed by atoms with Crippen LogP contribution in [0.5, 0.6) is 0 Å². The number of fused-ring (bicyclic) bond motifs is 1. The van der Waals surface area contributed by atoms with Crippen molar-refractivity contribution in [1.29, 1.82) is 0 Å². The third kappa shape index (κ3) is 3.48. The average molecular weight is 321 g/mol. The highest BCUT2D eigenvalue weighted by Crippen LogP contribution is 2.42. The van der Waals surface area contributed by atoms with Gasteiger partial charge < -0.3 is 5.11 Å². The predicted molar refractivity (Wildman–Crippen MR) is 86.6 cm³/mol. The maximum absolute atomic E-state index is 12.8. The van der Waals surface area contributed by atoms with Gasteiger partial charge in [-0.1, -0.05) is 39.7 Å². The predicted octanol–water partition coefficient (Wildman–Crippen LogP) is 3.00. The molecule has 0 spiro atoms. The SMILES string of the molecule is C=C(C(=O)O)C(CCCCC)N1C(=O)C2CCC(C)CC2C1=O. The lowest BCUT2D eigenvalue weighted by Gasteiger charge is -2.27. The first kappa shape index (κ1) is 17.7. The molecule has 1 N–H and O–H groups in total. The second-order valence-corrected chi connectivity index (χ2v) is 7.02. The minimum atomic E-state index is -1.13. The molecule has 4 unspecified atom stereocenters. The summed E-state index contributed by atoms with van der Waals surface area (Å²) in [5.41, 5.74) is -0.0468. The Hall–Kier alpha value is -1.65. The zero-order chi connectivity index (χ0) is 17.1. The van der Waals surface area contributed by atoms with Crippen LogP contribution in [-0.4, -0.2) is 33.8 Å². The van der Waals surface area contributed by atoms with Gasteiger partial charge in [-0.3, -0.25) is 14.5 Å². The molecular formula is C18H27NO4. The maximum atomic E-state index is 12.8. The number of imide groups is 1. The van der Waals surface area contributed by atoms with Gasteiger partial charge in [0, 0.05) is 0 Å². The van der Waals surface area contributed by atoms with E-state index < -0.39 is 12.0 Å². The van der Waals surface area contributed by atoms with Crippen LogP contribution in [-0.2, 0) is 14.4 Å². The molecule has 1 aliphatic heterocycles. The van der Waals surface area contributed by atoms with E-state index in [9.17, 15) is 19.5 Å². The highest BCUT2D eigenvalue weighted by atomic mass is 16.4. The lowest BCUT2D eigenvalue weighted by molar-refractivity contribution is -0.142. The van der Waals surface area contributed by atoms with E-state index in [1.807, 2.05) is 0 Å². The summed E-state index contributed by atoms with van der Waals surface area (Å²) in [6.07, 6.45) is 5.64. The molecule has 2 rings (SSSR count). The molecule has 128 valence electrons. The number of carboxylic acids is 1. The number of amides is 2. The van der Waals surface area contributed by atoms with E-state index in [0.717, 1.165) is 38.5 Å². The van der Waals surface area contributed by atoms with E-state index in [4.69, 9.17) is 0 Å². The molecule has 1 saturated carbocycles. The van der Waals surface area contributed by atoms with Crippen LogP contribution in [0.2, 0.25) is 0 Å². The number of hydrogen-bond acceptors (Lipinski definition) is 3. The molecule has 5 heteroatoms. The van der Waals surface area contributed by atoms with Crippen molar-refractivity contribution in [3.05, 3.63) is 12.2 Å². The fourth-order valence-electron chi connectivity index (χ4n) is 3.91. The van der Waals surface area contributed by atoms with Crippen LogP contribution in [0.4, 0.5) is 0 Å². The molecule has 0 radical (unpaired) electrons. The molecular weight excluding hydrogens is 294 g/mol. The number of carbonyl (C=O) groups excluding carboxylic acids is 2. The maximum Gasteiger partial charge on any atom is 0.333 e. The van der Waals surface area contributed by atoms with Gasteiger partial charge in [-0.15, -0.1) is 0 Å². The Morgan fingerprint density at radius 3 is 2.52 bits per heavy atom. The second-order valence-electron chi connectivity index (χ2n) is 7.02. The Balaban J connectivity index is 2.23. The third-order valence-electron chi connectivity index (χ3n) is 5.29. The Bertz CT molecular complexity index is 513. The van der Waals surface area contributed by atoms with Gasteiger partial charge in [-0.05, 0) is 31.6 Å². The quantitative estimate of drug-likeness (QED) is 0.444. The zero-order valence-corrected chi connectivity index (χ0v) is 14.1. The van der Waals surface area contributed by atoms with E-state index in [-0.39, 0.29) is 29.2 Å². The molecule has 2 aliphatic rings. The number of nitrogens with zero attached hydrogens (tertiary/aromatic N) is 1. The molecule has 4 atom stereocenters. The van der Waals surface area contributed by atoms with Crippen LogP contribution < -0.4 is 0 Å². The van der Waals surface area contributed by atoms with Gasteiger partial charge >= 0.3 is 5.97 Å². The Kier molecular flexibility index (Phi) is 5.60. The van der Waals surface area contributed by atoms with Gasteiger partial charge in [0.15, 0.2) is 0 Å². The molecule has 5 nitrogen and oxygen atoms in total. The van der Waals surface area contributed by atoms with Crippen molar-refractivity contribution < 1.29 is 19.5 Å². The first-order chi connectivity index (χ1) is 10.9. The van der Waals surface area contributed by atoms with E-state index in [0.29, 0.717) is 12.3 Å². The summed E-state index contributed by atoms with van der Waals surface area (Å²) in [7, 11) is 0. The molecule has 23 heavy (non-hydrogen) atoms. The third-order valence-corrected chi connectivity index (χ3v) is 5.29. The molecule has 0 aromatic rings. The van der Waals surface area contributed by atoms with Crippen LogP contribution >= 0.6 is 0 Å². The largest absolute Gasteiger partial charge is 0.478 e. The zero-order valence-electron chi connectivity index (χ0n) is 14.1. The van der Waals surface area contributed by atoms with Crippen molar-refractivity contribution in [2.24, 2.45) is 17.8 Å². The lowest BCUT2D eigenvalue weighted by Crippen LogP contribution is -2.43. The van der Waals surface area contributed by atoms with Gasteiger partial charge in [0.25, 0.3) is 0 Å². The van der Waals surface area contributed by atoms with Crippen molar-refractivity contribution in [3.63, 3.8) is 0 Å². The molecule has 1 heterocycles. The standard InChI is InChI=1S/C18H27NO4/c1-4-5-6-7-15(12(3)18(22)23)19-16(20)13-9-8-11(2)10-14(13)17(19)21/h11,13-15H,3-10H2,1-2H3,(H,22,23). The summed E-state index contributed by atoms with van der Waals surface area (Å²) in [4.78, 5) is 38.1. The van der Waals surface area contributed by atoms with Gasteiger partial charge in [0.2, 0.25) is 11.8 Å². The smallest absolute Gasteiger partial charge is 0.333 e. The average Bonchev–Trinajstić information content (AvgIpc) is 2.75. The van der Waals surface area contributed by atoms with E-state index in [1.54, 1.807) is 0 Å². The first-order valence-corrected chi connectivity index (χ1v) is 8.67. The van der Waals surface area contributed by atoms with Crippen molar-refractivity contribution in [2.45, 2.75) is 64.8 Å². The minimum absolute atomic E-state index is 0.0468. The number of carbonyl (C=O) groups is 3. The second kappa shape index (κ2) is 7.28. The van der Waals surface area contributed by atoms with E-state index in [1.165, 1.54) is 4.90 Å². The molecule has 2 amide bonds. The fraction of sp³-hybridized carbons (Fsp3) is 0.722. The lowest BCUT2D eigenvalue weighted by atomic mass is 9.76. The molecule has 0 aromatic heterocycles. The summed E-state index contributed by atoms with van der Waals surface area (Å²) in [5, 5.41) is 9.29. The van der Waals surface area contributed by atoms with Gasteiger partial charge in [0.05, 0.1) is 23.5 Å². The Labute approximate surface area is 137 Å². The van der Waals surface area contributed by atoms with Crippen LogP contribution in [0.25, 0.3) is 0 Å². The van der Waals surface area contributed by atoms with Crippen LogP contribution in [0.3, 0.4) is 0 Å². The van der Waals surface area contributed by atoms with E-state index >= 15 is 0 Å². The Morgan fingerprint density at radius 1 is 1.26 bits per heavy atom. The van der Waals surface area contributed by atoms with Crippen LogP contribution in [0.1, 0.15) is 58.8 Å². The molecule has 1 aliphatic carbocycles. The number of carboxylic acid groups (broad SMARTS) is 1. The highest BCUT2D eigenvalue weighted by Gasteiger charge is 2.52. The van der Waals surface area contributed by atoms with Gasteiger partial charge in [0.1, 0.15) is 0 Å². The number of likely N-dealkylation sites (tertiary alicyclic amines) is 1. The molecule has 1 saturated heterocycles. The highest BCUT2D eigenvalue weighted by molar-refractivity contribution is 6.06. The van der Waals surface area contributed by atoms with Gasteiger partial charge in [-0.25, -0.2) is 4.79 Å². The number of rotatable bonds is 7. The Morgan fingerprint density at radius 2 is 1.91 bits per heavy atom. The molecule has 2 fully saturated rings. The van der Waals surface area contributed by atoms with Crippen LogP contribution in [0.15, 0.2) is 12.2 Å². The summed E-state index contributed by atoms with van der Waals surface area (Å²) >= 11 is 0. The monoisotopic (exact) mass is 321 g/mol. The topological polar surface area (TPSA) is 74.7 Å². The summed E-state index contributed by atoms with van der Waals surface area (Å²) in [5.74, 6) is -1.58. The molecule has 0 aromatic carbocycles. The normalized spacial score (nSPS) is 28.6. The van der Waals surface area contributed by atoms with Crippen LogP contribution in [0, 0.1) is 17.8 Å². The summed E-state index contributed by atoms with van der Waals surface area (Å²) in [6.45, 7) is 7.79. The summed E-state index contributed by atoms with van der Waals surface area (Å²) < 4.78 is 0. The van der Waals surface area contributed by atoms with Crippen molar-refractivity contribution in [2.75, 3.05) is 0 Å². The van der Waals surface area contributed by atoms with Crippen molar-refractivity contribution in [3.8, 4) is 0 Å². The van der Waals surface area contributed by atoms with Crippen molar-refractivity contribution >= 4 is 17.8 Å². The fourth-order valence-corrected chi connectivity index (χ4v) is 3.91. The number of aliphatic carboxylic acids is 1. The summed E-state index contributed by atoms with van der Waals surface area (Å²) in [6, 6.07) is -0.694. The number of unbranched alkanes of at least 4 members (excludes halogenated alkanes) is 2. The first-order valence-electron chi connectivity index (χ1n) is 8.67. The minimum Gasteiger partial charge on any atom is -0.478 e. The van der Waals surface area contributed by atoms with Crippen molar-refractivity contribution in [1.82, 2.24) is 4.90 Å². The van der Waals surface area contributed by atoms with E-state index in [2.05, 4.69) is 20.4 Å². The number of hydrogen-bond donors (Lipinski definition) is 1. The molecule has 0 bridgehead atoms. The van der Waals surface area contributed by atoms with Gasteiger partial charge in [-0.2, -0.15) is 0 Å².